The standard InChI is InChI=1S/C17H15NO3S/c1-18-10-16(11-3-6-13(7-4-11)22(2)21)15-9-12(19)5-8-14(15)17(18)20/h3-10,19H,1-2H3. The van der Waals surface area contributed by atoms with Crippen molar-refractivity contribution in [2.24, 2.45) is 7.05 Å². The van der Waals surface area contributed by atoms with Crippen molar-refractivity contribution in [3.05, 3.63) is 59.0 Å². The van der Waals surface area contributed by atoms with Gasteiger partial charge >= 0.3 is 0 Å². The van der Waals surface area contributed by atoms with Gasteiger partial charge in [0.05, 0.1) is 0 Å². The van der Waals surface area contributed by atoms with Gasteiger partial charge in [0.15, 0.2) is 0 Å². The van der Waals surface area contributed by atoms with Crippen LogP contribution in [0, 0.1) is 0 Å². The van der Waals surface area contributed by atoms with Crippen molar-refractivity contribution in [2.75, 3.05) is 6.26 Å². The van der Waals surface area contributed by atoms with Crippen LogP contribution >= 0.6 is 0 Å². The van der Waals surface area contributed by atoms with E-state index in [0.717, 1.165) is 16.0 Å². The smallest absolute Gasteiger partial charge is 0.258 e. The van der Waals surface area contributed by atoms with Crippen molar-refractivity contribution in [1.82, 2.24) is 4.57 Å². The van der Waals surface area contributed by atoms with Crippen molar-refractivity contribution in [1.29, 1.82) is 0 Å². The van der Waals surface area contributed by atoms with Crippen molar-refractivity contribution in [2.45, 2.75) is 4.90 Å². The van der Waals surface area contributed by atoms with Crippen LogP contribution in [0.25, 0.3) is 21.9 Å². The second-order valence-corrected chi connectivity index (χ2v) is 6.55. The molecule has 2 aromatic carbocycles. The first-order valence-corrected chi connectivity index (χ1v) is 8.29. The zero-order valence-electron chi connectivity index (χ0n) is 12.2. The number of rotatable bonds is 2. The number of fused-ring (bicyclic) bond motifs is 1. The molecule has 0 fully saturated rings. The fourth-order valence-corrected chi connectivity index (χ4v) is 3.03. The zero-order chi connectivity index (χ0) is 15.9. The first-order valence-electron chi connectivity index (χ1n) is 6.73. The molecule has 1 aromatic heterocycles. The number of aromatic hydroxyl groups is 1. The second-order valence-electron chi connectivity index (χ2n) is 5.17. The summed E-state index contributed by atoms with van der Waals surface area (Å²) < 4.78 is 13.0. The molecular weight excluding hydrogens is 298 g/mol. The second kappa shape index (κ2) is 5.42. The third-order valence-corrected chi connectivity index (χ3v) is 4.60. The van der Waals surface area contributed by atoms with E-state index in [2.05, 4.69) is 0 Å². The minimum absolute atomic E-state index is 0.106. The molecule has 1 atom stereocenters. The Balaban J connectivity index is 2.30. The molecule has 0 spiro atoms. The number of hydrogen-bond donors (Lipinski definition) is 1. The molecule has 0 saturated carbocycles. The third-order valence-electron chi connectivity index (χ3n) is 3.66. The van der Waals surface area contributed by atoms with Gasteiger partial charge in [0, 0.05) is 51.5 Å². The fraction of sp³-hybridized carbons (Fsp3) is 0.118. The molecule has 22 heavy (non-hydrogen) atoms. The van der Waals surface area contributed by atoms with Crippen LogP contribution in [0.1, 0.15) is 0 Å². The number of nitrogens with zero attached hydrogens (tertiary/aromatic N) is 1. The number of phenolic OH excluding ortho intramolecular Hbond substituents is 1. The van der Waals surface area contributed by atoms with Crippen LogP contribution in [0.5, 0.6) is 5.75 Å². The Morgan fingerprint density at radius 3 is 2.36 bits per heavy atom. The number of benzene rings is 2. The van der Waals surface area contributed by atoms with E-state index in [1.807, 2.05) is 24.3 Å². The molecule has 0 amide bonds. The summed E-state index contributed by atoms with van der Waals surface area (Å²) in [4.78, 5) is 13.0. The van der Waals surface area contributed by atoms with E-state index in [-0.39, 0.29) is 11.3 Å². The Morgan fingerprint density at radius 2 is 1.73 bits per heavy atom. The summed E-state index contributed by atoms with van der Waals surface area (Å²) in [6, 6.07) is 12.1. The summed E-state index contributed by atoms with van der Waals surface area (Å²) in [5.41, 5.74) is 1.65. The summed E-state index contributed by atoms with van der Waals surface area (Å²) >= 11 is 0. The van der Waals surface area contributed by atoms with Gasteiger partial charge in [0.2, 0.25) is 0 Å². The molecule has 0 saturated heterocycles. The van der Waals surface area contributed by atoms with Gasteiger partial charge in [-0.3, -0.25) is 9.00 Å². The van der Waals surface area contributed by atoms with E-state index in [9.17, 15) is 14.1 Å². The number of aromatic nitrogens is 1. The zero-order valence-corrected chi connectivity index (χ0v) is 13.1. The van der Waals surface area contributed by atoms with Crippen LogP contribution in [-0.2, 0) is 17.8 Å². The lowest BCUT2D eigenvalue weighted by Crippen LogP contribution is -2.16. The van der Waals surface area contributed by atoms with Gasteiger partial charge < -0.3 is 9.67 Å². The molecule has 112 valence electrons. The highest BCUT2D eigenvalue weighted by Gasteiger charge is 2.10. The topological polar surface area (TPSA) is 59.3 Å². The van der Waals surface area contributed by atoms with Crippen LogP contribution in [0.2, 0.25) is 0 Å². The molecule has 0 radical (unpaired) electrons. The highest BCUT2D eigenvalue weighted by molar-refractivity contribution is 7.84. The molecule has 1 unspecified atom stereocenters. The predicted octanol–water partition coefficient (Wildman–Crippen LogP) is 2.65. The maximum atomic E-state index is 12.2. The van der Waals surface area contributed by atoms with Crippen LogP contribution in [0.3, 0.4) is 0 Å². The summed E-state index contributed by atoms with van der Waals surface area (Å²) in [6.45, 7) is 0. The lowest BCUT2D eigenvalue weighted by atomic mass is 10.0. The SMILES string of the molecule is Cn1cc(-c2ccc(S(C)=O)cc2)c2cc(O)ccc2c1=O. The summed E-state index contributed by atoms with van der Waals surface area (Å²) in [5, 5.41) is 11.0. The maximum absolute atomic E-state index is 12.2. The van der Waals surface area contributed by atoms with E-state index in [1.54, 1.807) is 31.6 Å². The Hall–Kier alpha value is -2.40. The third kappa shape index (κ3) is 2.44. The molecule has 3 rings (SSSR count). The first-order chi connectivity index (χ1) is 10.5. The number of hydrogen-bond acceptors (Lipinski definition) is 3. The molecule has 4 nitrogen and oxygen atoms in total. The van der Waals surface area contributed by atoms with Crippen LogP contribution in [0.4, 0.5) is 0 Å². The summed E-state index contributed by atoms with van der Waals surface area (Å²) in [5.74, 6) is 0.119. The fourth-order valence-electron chi connectivity index (χ4n) is 2.51. The normalized spacial score (nSPS) is 12.5. The molecule has 1 N–H and O–H groups in total. The van der Waals surface area contributed by atoms with Gasteiger partial charge in [0.25, 0.3) is 5.56 Å². The monoisotopic (exact) mass is 313 g/mol. The quantitative estimate of drug-likeness (QED) is 0.791. The van der Waals surface area contributed by atoms with Crippen molar-refractivity contribution < 1.29 is 9.32 Å². The minimum atomic E-state index is -1.03. The Labute approximate surface area is 130 Å². The van der Waals surface area contributed by atoms with Gasteiger partial charge in [-0.1, -0.05) is 12.1 Å². The predicted molar refractivity (Wildman–Crippen MR) is 88.6 cm³/mol. The minimum Gasteiger partial charge on any atom is -0.508 e. The Kier molecular flexibility index (Phi) is 3.58. The molecule has 0 aliphatic rings. The van der Waals surface area contributed by atoms with Gasteiger partial charge in [-0.05, 0) is 35.9 Å². The number of phenols is 1. The van der Waals surface area contributed by atoms with Gasteiger partial charge in [0.1, 0.15) is 5.75 Å². The van der Waals surface area contributed by atoms with E-state index in [0.29, 0.717) is 10.8 Å². The van der Waals surface area contributed by atoms with Gasteiger partial charge in [-0.25, -0.2) is 0 Å². The average Bonchev–Trinajstić information content (AvgIpc) is 2.51. The maximum Gasteiger partial charge on any atom is 0.258 e. The first kappa shape index (κ1) is 14.5. The molecule has 5 heteroatoms. The highest BCUT2D eigenvalue weighted by atomic mass is 32.2. The van der Waals surface area contributed by atoms with Gasteiger partial charge in [-0.15, -0.1) is 0 Å². The van der Waals surface area contributed by atoms with E-state index < -0.39 is 10.8 Å². The van der Waals surface area contributed by atoms with Crippen molar-refractivity contribution in [3.8, 4) is 16.9 Å². The molecular formula is C17H15NO3S. The Bertz CT molecular complexity index is 943. The largest absolute Gasteiger partial charge is 0.508 e. The summed E-state index contributed by atoms with van der Waals surface area (Å²) in [6.07, 6.45) is 3.39. The van der Waals surface area contributed by atoms with E-state index >= 15 is 0 Å². The Morgan fingerprint density at radius 1 is 1.05 bits per heavy atom. The summed E-state index contributed by atoms with van der Waals surface area (Å²) in [7, 11) is 0.674. The number of pyridine rings is 1. The molecule has 3 aromatic rings. The lowest BCUT2D eigenvalue weighted by Gasteiger charge is -2.10. The van der Waals surface area contributed by atoms with Crippen LogP contribution in [-0.4, -0.2) is 20.1 Å². The average molecular weight is 313 g/mol. The van der Waals surface area contributed by atoms with Crippen molar-refractivity contribution >= 4 is 21.6 Å². The molecule has 0 bridgehead atoms. The lowest BCUT2D eigenvalue weighted by molar-refractivity contribution is 0.476. The van der Waals surface area contributed by atoms with Gasteiger partial charge in [-0.2, -0.15) is 0 Å². The molecule has 0 aliphatic carbocycles. The van der Waals surface area contributed by atoms with Crippen LogP contribution < -0.4 is 5.56 Å². The highest BCUT2D eigenvalue weighted by Crippen LogP contribution is 2.29. The molecule has 0 aliphatic heterocycles. The van der Waals surface area contributed by atoms with E-state index in [4.69, 9.17) is 0 Å². The number of aryl methyl sites for hydroxylation is 1. The van der Waals surface area contributed by atoms with Crippen molar-refractivity contribution in [3.63, 3.8) is 0 Å². The molecule has 1 heterocycles. The van der Waals surface area contributed by atoms with E-state index in [1.165, 1.54) is 10.6 Å². The van der Waals surface area contributed by atoms with Crippen LogP contribution in [0.15, 0.2) is 58.4 Å².